The summed E-state index contributed by atoms with van der Waals surface area (Å²) in [4.78, 5) is 32.7. The number of amidine groups is 1. The lowest BCUT2D eigenvalue weighted by Gasteiger charge is -2.33. The second-order valence-corrected chi connectivity index (χ2v) is 10.1. The molecule has 3 N–H and O–H groups in total. The van der Waals surface area contributed by atoms with Crippen molar-refractivity contribution in [3.63, 3.8) is 0 Å². The van der Waals surface area contributed by atoms with E-state index in [0.717, 1.165) is 19.3 Å². The van der Waals surface area contributed by atoms with Crippen molar-refractivity contribution in [2.75, 3.05) is 13.1 Å². The summed E-state index contributed by atoms with van der Waals surface area (Å²) in [5.74, 6) is -0.584. The monoisotopic (exact) mass is 591 g/mol. The van der Waals surface area contributed by atoms with Gasteiger partial charge in [0.1, 0.15) is 12.2 Å². The summed E-state index contributed by atoms with van der Waals surface area (Å²) in [7, 11) is 0. The van der Waals surface area contributed by atoms with Crippen LogP contribution in [0.5, 0.6) is 0 Å². The molecule has 0 radical (unpaired) electrons. The van der Waals surface area contributed by atoms with Crippen LogP contribution in [-0.2, 0) is 6.54 Å². The molecule has 1 aliphatic heterocycles. The van der Waals surface area contributed by atoms with E-state index in [2.05, 4.69) is 15.4 Å². The Morgan fingerprint density at radius 1 is 1.20 bits per heavy atom. The highest BCUT2D eigenvalue weighted by Gasteiger charge is 2.41. The number of aromatic nitrogens is 3. The number of likely N-dealkylation sites (tertiary alicyclic amines) is 1. The molecule has 14 heteroatoms. The zero-order valence-corrected chi connectivity index (χ0v) is 22.9. The van der Waals surface area contributed by atoms with E-state index in [1.54, 1.807) is 24.3 Å². The van der Waals surface area contributed by atoms with Crippen molar-refractivity contribution in [3.05, 3.63) is 76.8 Å². The van der Waals surface area contributed by atoms with Crippen molar-refractivity contribution in [3.8, 4) is 5.69 Å². The molecule has 0 aliphatic carbocycles. The summed E-state index contributed by atoms with van der Waals surface area (Å²) in [6.45, 7) is 1.17. The lowest BCUT2D eigenvalue weighted by atomic mass is 10.0. The molecule has 41 heavy (non-hydrogen) atoms. The van der Waals surface area contributed by atoms with E-state index in [-0.39, 0.29) is 29.9 Å². The standard InChI is InChI=1S/C27H29ClF3N7O3/c1-17-6-4-5-13-36(17)25(40)20-7-2-3-8-21(20)38-16-34-23(35-38)14-33-26(41)37(15-22(39)27(29,30)31)24(32)18-9-11-19(28)12-10-18/h2-3,7-12,16-17,22,32,39H,4-6,13-15H2,1H3,(H,33,41)/t17?,22-/m0/s1. The van der Waals surface area contributed by atoms with E-state index in [0.29, 0.717) is 27.7 Å². The highest BCUT2D eigenvalue weighted by molar-refractivity contribution is 6.30. The fourth-order valence-corrected chi connectivity index (χ4v) is 4.60. The molecule has 3 amide bonds. The van der Waals surface area contributed by atoms with E-state index in [1.807, 2.05) is 11.8 Å². The van der Waals surface area contributed by atoms with Crippen molar-refractivity contribution < 1.29 is 27.9 Å². The number of halogens is 4. The SMILES string of the molecule is CC1CCCCN1C(=O)c1ccccc1-n1cnc(CNC(=O)N(C[C@H](O)C(F)(F)F)C(=N)c2ccc(Cl)cc2)n1. The Kier molecular flexibility index (Phi) is 9.28. The first-order chi connectivity index (χ1) is 19.5. The number of carbonyl (C=O) groups excluding carboxylic acids is 2. The van der Waals surface area contributed by atoms with Crippen LogP contribution in [0.3, 0.4) is 0 Å². The minimum absolute atomic E-state index is 0.108. The number of nitrogens with zero attached hydrogens (tertiary/aromatic N) is 5. The summed E-state index contributed by atoms with van der Waals surface area (Å²) in [5.41, 5.74) is 1.04. The quantitative estimate of drug-likeness (QED) is 0.277. The number of piperidine rings is 1. The van der Waals surface area contributed by atoms with Crippen molar-refractivity contribution in [2.24, 2.45) is 0 Å². The minimum atomic E-state index is -5.00. The summed E-state index contributed by atoms with van der Waals surface area (Å²) >= 11 is 5.85. The molecule has 10 nitrogen and oxygen atoms in total. The smallest absolute Gasteiger partial charge is 0.382 e. The van der Waals surface area contributed by atoms with Gasteiger partial charge in [-0.3, -0.25) is 15.1 Å². The zero-order chi connectivity index (χ0) is 29.7. The molecule has 0 bridgehead atoms. The molecule has 1 aromatic heterocycles. The van der Waals surface area contributed by atoms with Crippen LogP contribution in [0.4, 0.5) is 18.0 Å². The number of urea groups is 1. The maximum absolute atomic E-state index is 13.3. The first kappa shape index (κ1) is 30.0. The molecule has 1 aliphatic rings. The van der Waals surface area contributed by atoms with Crippen LogP contribution in [0.25, 0.3) is 5.69 Å². The molecular weight excluding hydrogens is 563 g/mol. The Labute approximate surface area is 239 Å². The van der Waals surface area contributed by atoms with Crippen molar-refractivity contribution in [1.82, 2.24) is 29.9 Å². The molecule has 1 fully saturated rings. The normalized spacial score (nSPS) is 16.2. The number of alkyl halides is 3. The van der Waals surface area contributed by atoms with E-state index >= 15 is 0 Å². The van der Waals surface area contributed by atoms with Gasteiger partial charge in [0.15, 0.2) is 11.9 Å². The van der Waals surface area contributed by atoms with Gasteiger partial charge in [0.05, 0.1) is 24.3 Å². The Morgan fingerprint density at radius 3 is 2.59 bits per heavy atom. The van der Waals surface area contributed by atoms with Gasteiger partial charge in [-0.2, -0.15) is 13.2 Å². The van der Waals surface area contributed by atoms with Crippen molar-refractivity contribution in [2.45, 2.75) is 51.1 Å². The Bertz CT molecular complexity index is 1400. The number of carbonyl (C=O) groups is 2. The van der Waals surface area contributed by atoms with Crippen LogP contribution < -0.4 is 5.32 Å². The van der Waals surface area contributed by atoms with Gasteiger partial charge < -0.3 is 15.3 Å². The molecule has 0 spiro atoms. The van der Waals surface area contributed by atoms with E-state index in [9.17, 15) is 27.9 Å². The first-order valence-electron chi connectivity index (χ1n) is 12.9. The predicted octanol–water partition coefficient (Wildman–Crippen LogP) is 4.40. The average Bonchev–Trinajstić information content (AvgIpc) is 3.43. The molecule has 4 rings (SSSR count). The van der Waals surface area contributed by atoms with E-state index in [4.69, 9.17) is 17.0 Å². The number of rotatable bonds is 7. The number of nitrogens with one attached hydrogen (secondary N) is 2. The van der Waals surface area contributed by atoms with Gasteiger partial charge in [0, 0.05) is 23.2 Å². The van der Waals surface area contributed by atoms with Crippen LogP contribution in [0.15, 0.2) is 54.9 Å². The minimum Gasteiger partial charge on any atom is -0.382 e. The fraction of sp³-hybridized carbons (Fsp3) is 0.370. The van der Waals surface area contributed by atoms with Gasteiger partial charge in [-0.05, 0) is 62.6 Å². The molecule has 2 aromatic carbocycles. The van der Waals surface area contributed by atoms with E-state index in [1.165, 1.54) is 35.3 Å². The van der Waals surface area contributed by atoms with Crippen LogP contribution in [0, 0.1) is 5.41 Å². The molecule has 3 aromatic rings. The number of hydrogen-bond acceptors (Lipinski definition) is 6. The molecule has 1 unspecified atom stereocenters. The zero-order valence-electron chi connectivity index (χ0n) is 22.1. The van der Waals surface area contributed by atoms with Crippen LogP contribution >= 0.6 is 11.6 Å². The largest absolute Gasteiger partial charge is 0.416 e. The maximum atomic E-state index is 13.3. The Morgan fingerprint density at radius 2 is 1.90 bits per heavy atom. The molecule has 218 valence electrons. The van der Waals surface area contributed by atoms with Gasteiger partial charge in [-0.25, -0.2) is 14.5 Å². The van der Waals surface area contributed by atoms with Gasteiger partial charge >= 0.3 is 12.2 Å². The average molecular weight is 592 g/mol. The number of aliphatic hydroxyl groups excluding tert-OH is 1. The van der Waals surface area contributed by atoms with Gasteiger partial charge in [0.2, 0.25) is 0 Å². The number of aliphatic hydroxyl groups is 1. The summed E-state index contributed by atoms with van der Waals surface area (Å²) in [5, 5.41) is 25.0. The van der Waals surface area contributed by atoms with Crippen molar-refractivity contribution in [1.29, 1.82) is 5.41 Å². The fourth-order valence-electron chi connectivity index (χ4n) is 4.47. The second kappa shape index (κ2) is 12.7. The van der Waals surface area contributed by atoms with Gasteiger partial charge in [-0.1, -0.05) is 23.7 Å². The topological polar surface area (TPSA) is 127 Å². The lowest BCUT2D eigenvalue weighted by Crippen LogP contribution is -2.50. The Hall–Kier alpha value is -3.97. The lowest BCUT2D eigenvalue weighted by molar-refractivity contribution is -0.204. The Balaban J connectivity index is 1.49. The van der Waals surface area contributed by atoms with E-state index < -0.39 is 30.7 Å². The molecule has 0 saturated carbocycles. The molecule has 1 saturated heterocycles. The van der Waals surface area contributed by atoms with Crippen LogP contribution in [0.2, 0.25) is 5.02 Å². The third kappa shape index (κ3) is 7.22. The number of amides is 3. The first-order valence-corrected chi connectivity index (χ1v) is 13.3. The van der Waals surface area contributed by atoms with Crippen LogP contribution in [-0.4, -0.2) is 78.9 Å². The number of hydrogen-bond donors (Lipinski definition) is 3. The highest BCUT2D eigenvalue weighted by atomic mass is 35.5. The summed E-state index contributed by atoms with van der Waals surface area (Å²) in [6.07, 6.45) is -3.60. The second-order valence-electron chi connectivity index (χ2n) is 9.65. The van der Waals surface area contributed by atoms with Crippen LogP contribution in [0.1, 0.15) is 47.9 Å². The highest BCUT2D eigenvalue weighted by Crippen LogP contribution is 2.23. The predicted molar refractivity (Wildman–Crippen MR) is 145 cm³/mol. The number of para-hydroxylation sites is 1. The summed E-state index contributed by atoms with van der Waals surface area (Å²) < 4.78 is 40.7. The van der Waals surface area contributed by atoms with Crippen molar-refractivity contribution >= 4 is 29.4 Å². The molecular formula is C27H29ClF3N7O3. The third-order valence-corrected chi connectivity index (χ3v) is 7.00. The number of benzene rings is 2. The molecule has 2 heterocycles. The molecule has 2 atom stereocenters. The third-order valence-electron chi connectivity index (χ3n) is 6.75. The maximum Gasteiger partial charge on any atom is 0.416 e. The van der Waals surface area contributed by atoms with Gasteiger partial charge in [-0.15, -0.1) is 5.10 Å². The summed E-state index contributed by atoms with van der Waals surface area (Å²) in [6, 6.07) is 11.6. The van der Waals surface area contributed by atoms with Gasteiger partial charge in [0.25, 0.3) is 5.91 Å².